The standard InChI is InChI=1S/C28H34FN3O2/c1-20-21(2)28(12-11-27(20)30)34-19-26(33)18-31-13-15-32(16-14-31)25-9-5-23(6-10-25)17-22-3-7-24(29)8-4-22/h3-12,26,33H,13-19,30H2,1-2H3/t26-/m0/s1. The van der Waals surface area contributed by atoms with Crippen LogP contribution in [0, 0.1) is 19.7 Å². The Morgan fingerprint density at radius 2 is 1.50 bits per heavy atom. The monoisotopic (exact) mass is 463 g/mol. The second-order valence-corrected chi connectivity index (χ2v) is 9.13. The molecule has 1 fully saturated rings. The van der Waals surface area contributed by atoms with E-state index in [2.05, 4.69) is 34.1 Å². The number of rotatable bonds is 8. The Morgan fingerprint density at radius 1 is 0.882 bits per heavy atom. The summed E-state index contributed by atoms with van der Waals surface area (Å²) < 4.78 is 19.0. The van der Waals surface area contributed by atoms with Gasteiger partial charge in [-0.15, -0.1) is 0 Å². The maximum Gasteiger partial charge on any atom is 0.123 e. The maximum atomic E-state index is 13.1. The van der Waals surface area contributed by atoms with E-state index in [1.165, 1.54) is 23.4 Å². The SMILES string of the molecule is Cc1c(N)ccc(OC[C@@H](O)CN2CCN(c3ccc(Cc4ccc(F)cc4)cc3)CC2)c1C. The van der Waals surface area contributed by atoms with Crippen molar-refractivity contribution >= 4 is 11.4 Å². The normalized spacial score (nSPS) is 15.4. The van der Waals surface area contributed by atoms with Crippen molar-refractivity contribution in [1.29, 1.82) is 0 Å². The minimum Gasteiger partial charge on any atom is -0.491 e. The summed E-state index contributed by atoms with van der Waals surface area (Å²) in [4.78, 5) is 4.66. The van der Waals surface area contributed by atoms with Gasteiger partial charge in [-0.25, -0.2) is 4.39 Å². The van der Waals surface area contributed by atoms with E-state index >= 15 is 0 Å². The van der Waals surface area contributed by atoms with Gasteiger partial charge in [0.2, 0.25) is 0 Å². The summed E-state index contributed by atoms with van der Waals surface area (Å²) in [5.41, 5.74) is 12.3. The third kappa shape index (κ3) is 6.07. The molecule has 5 nitrogen and oxygen atoms in total. The fraction of sp³-hybridized carbons (Fsp3) is 0.357. The Morgan fingerprint density at radius 3 is 2.15 bits per heavy atom. The van der Waals surface area contributed by atoms with Crippen LogP contribution in [0.25, 0.3) is 0 Å². The molecule has 1 heterocycles. The molecule has 3 aromatic rings. The van der Waals surface area contributed by atoms with Crippen LogP contribution in [-0.4, -0.2) is 55.4 Å². The molecule has 1 aliphatic heterocycles. The van der Waals surface area contributed by atoms with E-state index in [0.717, 1.165) is 60.7 Å². The van der Waals surface area contributed by atoms with Gasteiger partial charge in [0, 0.05) is 44.1 Å². The zero-order valence-corrected chi connectivity index (χ0v) is 20.0. The lowest BCUT2D eigenvalue weighted by Gasteiger charge is -2.37. The molecule has 0 bridgehead atoms. The van der Waals surface area contributed by atoms with E-state index in [1.54, 1.807) is 0 Å². The molecule has 3 N–H and O–H groups in total. The molecule has 0 aromatic heterocycles. The van der Waals surface area contributed by atoms with Crippen molar-refractivity contribution in [3.8, 4) is 5.75 Å². The highest BCUT2D eigenvalue weighted by Crippen LogP contribution is 2.26. The van der Waals surface area contributed by atoms with Crippen molar-refractivity contribution in [3.05, 3.63) is 88.7 Å². The number of hydrogen-bond acceptors (Lipinski definition) is 5. The van der Waals surface area contributed by atoms with Gasteiger partial charge in [-0.2, -0.15) is 0 Å². The Bertz CT molecular complexity index is 1080. The molecular weight excluding hydrogens is 429 g/mol. The van der Waals surface area contributed by atoms with E-state index in [4.69, 9.17) is 10.5 Å². The summed E-state index contributed by atoms with van der Waals surface area (Å²) in [6.45, 7) is 8.46. The van der Waals surface area contributed by atoms with Crippen molar-refractivity contribution in [1.82, 2.24) is 4.90 Å². The van der Waals surface area contributed by atoms with Crippen LogP contribution in [-0.2, 0) is 6.42 Å². The number of nitrogens with two attached hydrogens (primary N) is 1. The minimum atomic E-state index is -0.547. The molecule has 34 heavy (non-hydrogen) atoms. The van der Waals surface area contributed by atoms with E-state index in [9.17, 15) is 9.50 Å². The summed E-state index contributed by atoms with van der Waals surface area (Å²) in [7, 11) is 0. The van der Waals surface area contributed by atoms with Crippen LogP contribution in [0.2, 0.25) is 0 Å². The first-order valence-electron chi connectivity index (χ1n) is 11.9. The van der Waals surface area contributed by atoms with Crippen LogP contribution >= 0.6 is 0 Å². The smallest absolute Gasteiger partial charge is 0.123 e. The van der Waals surface area contributed by atoms with Crippen LogP contribution in [0.15, 0.2) is 60.7 Å². The second-order valence-electron chi connectivity index (χ2n) is 9.13. The number of aliphatic hydroxyl groups is 1. The molecule has 180 valence electrons. The Labute approximate surface area is 201 Å². The molecule has 0 aliphatic carbocycles. The lowest BCUT2D eigenvalue weighted by Crippen LogP contribution is -2.49. The third-order valence-electron chi connectivity index (χ3n) is 6.67. The lowest BCUT2D eigenvalue weighted by atomic mass is 10.0. The van der Waals surface area contributed by atoms with Crippen LogP contribution < -0.4 is 15.4 Å². The second kappa shape index (κ2) is 10.9. The molecule has 0 radical (unpaired) electrons. The minimum absolute atomic E-state index is 0.203. The number of ether oxygens (including phenoxy) is 1. The Kier molecular flexibility index (Phi) is 7.70. The van der Waals surface area contributed by atoms with Crippen molar-refractivity contribution in [2.24, 2.45) is 0 Å². The van der Waals surface area contributed by atoms with E-state index in [-0.39, 0.29) is 12.4 Å². The molecule has 6 heteroatoms. The van der Waals surface area contributed by atoms with Crippen molar-refractivity contribution in [2.45, 2.75) is 26.4 Å². The van der Waals surface area contributed by atoms with Crippen LogP contribution in [0.5, 0.6) is 5.75 Å². The fourth-order valence-corrected chi connectivity index (χ4v) is 4.36. The van der Waals surface area contributed by atoms with Gasteiger partial charge in [0.05, 0.1) is 0 Å². The number of nitrogen functional groups attached to an aromatic ring is 1. The van der Waals surface area contributed by atoms with Gasteiger partial charge in [-0.1, -0.05) is 24.3 Å². The van der Waals surface area contributed by atoms with Gasteiger partial charge in [-0.05, 0) is 78.9 Å². The number of anilines is 2. The number of aliphatic hydroxyl groups excluding tert-OH is 1. The van der Waals surface area contributed by atoms with Crippen LogP contribution in [0.4, 0.5) is 15.8 Å². The summed E-state index contributed by atoms with van der Waals surface area (Å²) in [5, 5.41) is 10.5. The average Bonchev–Trinajstić information content (AvgIpc) is 2.84. The van der Waals surface area contributed by atoms with E-state index in [0.29, 0.717) is 6.54 Å². The number of halogens is 1. The summed E-state index contributed by atoms with van der Waals surface area (Å²) in [6, 6.07) is 19.0. The van der Waals surface area contributed by atoms with Gasteiger partial charge in [-0.3, -0.25) is 4.90 Å². The molecule has 1 atom stereocenters. The Hall–Kier alpha value is -3.09. The Balaban J connectivity index is 1.22. The summed E-state index contributed by atoms with van der Waals surface area (Å²) >= 11 is 0. The molecule has 0 amide bonds. The van der Waals surface area contributed by atoms with Gasteiger partial charge >= 0.3 is 0 Å². The predicted octanol–water partition coefficient (Wildman–Crippen LogP) is 4.18. The average molecular weight is 464 g/mol. The molecular formula is C28H34FN3O2. The molecule has 4 rings (SSSR count). The van der Waals surface area contributed by atoms with Gasteiger partial charge in [0.25, 0.3) is 0 Å². The van der Waals surface area contributed by atoms with Crippen molar-refractivity contribution in [3.63, 3.8) is 0 Å². The van der Waals surface area contributed by atoms with Gasteiger partial charge < -0.3 is 20.5 Å². The van der Waals surface area contributed by atoms with Gasteiger partial charge in [0.1, 0.15) is 24.3 Å². The number of nitrogens with zero attached hydrogens (tertiary/aromatic N) is 2. The third-order valence-corrected chi connectivity index (χ3v) is 6.67. The van der Waals surface area contributed by atoms with Gasteiger partial charge in [0.15, 0.2) is 0 Å². The highest BCUT2D eigenvalue weighted by atomic mass is 19.1. The fourth-order valence-electron chi connectivity index (χ4n) is 4.36. The first-order chi connectivity index (χ1) is 16.4. The van der Waals surface area contributed by atoms with E-state index in [1.807, 2.05) is 38.1 Å². The van der Waals surface area contributed by atoms with Crippen molar-refractivity contribution < 1.29 is 14.2 Å². The molecule has 3 aromatic carbocycles. The van der Waals surface area contributed by atoms with Crippen LogP contribution in [0.3, 0.4) is 0 Å². The molecule has 0 unspecified atom stereocenters. The molecule has 1 saturated heterocycles. The van der Waals surface area contributed by atoms with Crippen LogP contribution in [0.1, 0.15) is 22.3 Å². The highest BCUT2D eigenvalue weighted by molar-refractivity contribution is 5.55. The zero-order chi connectivity index (χ0) is 24.1. The quantitative estimate of drug-likeness (QED) is 0.491. The number of piperazine rings is 1. The predicted molar refractivity (Wildman–Crippen MR) is 136 cm³/mol. The topological polar surface area (TPSA) is 62.0 Å². The molecule has 0 spiro atoms. The first-order valence-corrected chi connectivity index (χ1v) is 11.9. The van der Waals surface area contributed by atoms with E-state index < -0.39 is 6.10 Å². The largest absolute Gasteiger partial charge is 0.491 e. The number of β-amino-alcohol motifs (C(OH)–C–C–N with tert-alkyl or cyclic N) is 1. The summed E-state index contributed by atoms with van der Waals surface area (Å²) in [6.07, 6.45) is 0.249. The number of hydrogen-bond donors (Lipinski definition) is 2. The highest BCUT2D eigenvalue weighted by Gasteiger charge is 2.20. The van der Waals surface area contributed by atoms with Crippen molar-refractivity contribution in [2.75, 3.05) is 50.0 Å². The molecule has 0 saturated carbocycles. The summed E-state index contributed by atoms with van der Waals surface area (Å²) in [5.74, 6) is 0.573. The molecule has 1 aliphatic rings. The first kappa shape index (κ1) is 24.0. The lowest BCUT2D eigenvalue weighted by molar-refractivity contribution is 0.0660. The number of benzene rings is 3. The zero-order valence-electron chi connectivity index (χ0n) is 20.0. The maximum absolute atomic E-state index is 13.1.